The Morgan fingerprint density at radius 3 is 2.56 bits per heavy atom. The molecule has 3 aromatic carbocycles. The number of para-hydroxylation sites is 2. The second kappa shape index (κ2) is 10.7. The minimum atomic E-state index is -3.98. The first-order valence-electron chi connectivity index (χ1n) is 13.6. The van der Waals surface area contributed by atoms with E-state index >= 15 is 0 Å². The molecule has 10 heteroatoms. The Kier molecular flexibility index (Phi) is 7.09. The van der Waals surface area contributed by atoms with E-state index in [9.17, 15) is 8.42 Å². The van der Waals surface area contributed by atoms with Crippen LogP contribution in [0.25, 0.3) is 27.6 Å². The van der Waals surface area contributed by atoms with Crippen LogP contribution >= 0.6 is 11.6 Å². The van der Waals surface area contributed by atoms with E-state index in [1.54, 1.807) is 26.0 Å². The summed E-state index contributed by atoms with van der Waals surface area (Å²) in [4.78, 5) is 5.06. The lowest BCUT2D eigenvalue weighted by Crippen LogP contribution is -2.16. The summed E-state index contributed by atoms with van der Waals surface area (Å²) in [7, 11) is -3.98. The molecule has 8 nitrogen and oxygen atoms in total. The fraction of sp³-hybridized carbons (Fsp3) is 0.226. The molecule has 1 N–H and O–H groups in total. The number of nitrogens with zero attached hydrogens (tertiary/aromatic N) is 4. The fourth-order valence-corrected chi connectivity index (χ4v) is 6.59. The van der Waals surface area contributed by atoms with Crippen molar-refractivity contribution in [1.29, 1.82) is 0 Å². The molecule has 3 heterocycles. The molecule has 0 atom stereocenters. The molecular weight excluding hydrogens is 558 g/mol. The number of anilines is 1. The topological polar surface area (TPSA) is 95.0 Å². The molecule has 41 heavy (non-hydrogen) atoms. The Labute approximate surface area is 243 Å². The van der Waals surface area contributed by atoms with Gasteiger partial charge >= 0.3 is 0 Å². The monoisotopic (exact) mass is 587 g/mol. The number of unbranched alkanes of at least 4 members (excludes halogenated alkanes) is 1. The zero-order valence-corrected chi connectivity index (χ0v) is 24.6. The maximum atomic E-state index is 13.6. The maximum absolute atomic E-state index is 13.6. The quantitative estimate of drug-likeness (QED) is 0.190. The number of sulfonamides is 1. The molecule has 0 spiro atoms. The van der Waals surface area contributed by atoms with Crippen molar-refractivity contribution in [1.82, 2.24) is 19.3 Å². The molecule has 6 aromatic rings. The molecule has 0 unspecified atom stereocenters. The lowest BCUT2D eigenvalue weighted by atomic mass is 10.1. The molecule has 0 aliphatic carbocycles. The molecule has 0 bridgehead atoms. The lowest BCUT2D eigenvalue weighted by molar-refractivity contribution is 0.399. The van der Waals surface area contributed by atoms with E-state index in [1.807, 2.05) is 59.3 Å². The van der Waals surface area contributed by atoms with Crippen LogP contribution in [-0.2, 0) is 23.0 Å². The summed E-state index contributed by atoms with van der Waals surface area (Å²) >= 11 is 6.40. The van der Waals surface area contributed by atoms with Gasteiger partial charge in [0.05, 0.1) is 28.8 Å². The number of halogens is 1. The van der Waals surface area contributed by atoms with Crippen LogP contribution in [0.15, 0.2) is 82.3 Å². The zero-order chi connectivity index (χ0) is 28.7. The van der Waals surface area contributed by atoms with Gasteiger partial charge in [0.15, 0.2) is 5.82 Å². The molecular formula is C31H30ClN5O3S. The van der Waals surface area contributed by atoms with Gasteiger partial charge in [0.2, 0.25) is 0 Å². The van der Waals surface area contributed by atoms with Crippen molar-refractivity contribution in [2.75, 3.05) is 4.72 Å². The highest BCUT2D eigenvalue weighted by Gasteiger charge is 2.24. The summed E-state index contributed by atoms with van der Waals surface area (Å²) in [5.41, 5.74) is 5.00. The SMILES string of the molecule is CCCCc1nc2ccc(Cl)cc2n1Cc1cn(-c2ccccc2S(=O)(=O)Nc2noc(C)c2C)c2ccccc12. The van der Waals surface area contributed by atoms with Gasteiger partial charge in [0.1, 0.15) is 16.5 Å². The summed E-state index contributed by atoms with van der Waals surface area (Å²) < 4.78 is 39.2. The number of aryl methyl sites for hydroxylation is 2. The van der Waals surface area contributed by atoms with Crippen LogP contribution in [-0.4, -0.2) is 27.7 Å². The van der Waals surface area contributed by atoms with Crippen LogP contribution in [0.3, 0.4) is 0 Å². The van der Waals surface area contributed by atoms with Gasteiger partial charge in [-0.25, -0.2) is 13.4 Å². The van der Waals surface area contributed by atoms with Gasteiger partial charge in [-0.3, -0.25) is 4.72 Å². The lowest BCUT2D eigenvalue weighted by Gasteiger charge is -2.13. The minimum absolute atomic E-state index is 0.135. The summed E-state index contributed by atoms with van der Waals surface area (Å²) in [5.74, 6) is 1.75. The van der Waals surface area contributed by atoms with Crippen molar-refractivity contribution in [3.8, 4) is 5.69 Å². The summed E-state index contributed by atoms with van der Waals surface area (Å²) in [6, 6.07) is 20.8. The highest BCUT2D eigenvalue weighted by atomic mass is 35.5. The van der Waals surface area contributed by atoms with Crippen LogP contribution < -0.4 is 4.72 Å². The Morgan fingerprint density at radius 1 is 1.00 bits per heavy atom. The van der Waals surface area contributed by atoms with E-state index in [2.05, 4.69) is 27.4 Å². The van der Waals surface area contributed by atoms with Crippen LogP contribution in [0, 0.1) is 13.8 Å². The molecule has 0 saturated heterocycles. The molecule has 0 saturated carbocycles. The van der Waals surface area contributed by atoms with Gasteiger partial charge in [-0.15, -0.1) is 0 Å². The normalized spacial score (nSPS) is 12.0. The molecule has 0 amide bonds. The average Bonchev–Trinajstić information content (AvgIpc) is 3.61. The smallest absolute Gasteiger partial charge is 0.265 e. The third-order valence-corrected chi connectivity index (χ3v) is 9.09. The van der Waals surface area contributed by atoms with Gasteiger partial charge in [0.25, 0.3) is 10.0 Å². The first-order chi connectivity index (χ1) is 19.8. The Morgan fingerprint density at radius 2 is 1.78 bits per heavy atom. The van der Waals surface area contributed by atoms with Gasteiger partial charge in [-0.05, 0) is 62.2 Å². The Bertz CT molecular complexity index is 2010. The van der Waals surface area contributed by atoms with Crippen molar-refractivity contribution in [3.05, 3.63) is 101 Å². The van der Waals surface area contributed by atoms with E-state index in [0.717, 1.165) is 52.6 Å². The number of hydrogen-bond donors (Lipinski definition) is 1. The third-order valence-electron chi connectivity index (χ3n) is 7.47. The molecule has 0 aliphatic heterocycles. The van der Waals surface area contributed by atoms with E-state index in [-0.39, 0.29) is 10.7 Å². The third kappa shape index (κ3) is 5.00. The number of fused-ring (bicyclic) bond motifs is 2. The van der Waals surface area contributed by atoms with Crippen molar-refractivity contribution >= 4 is 49.4 Å². The molecule has 6 rings (SSSR count). The molecule has 3 aromatic heterocycles. The molecule has 0 fully saturated rings. The van der Waals surface area contributed by atoms with Crippen molar-refractivity contribution < 1.29 is 12.9 Å². The Hall–Kier alpha value is -4.08. The number of hydrogen-bond acceptors (Lipinski definition) is 5. The van der Waals surface area contributed by atoms with Crippen molar-refractivity contribution in [2.24, 2.45) is 0 Å². The largest absolute Gasteiger partial charge is 0.359 e. The second-order valence-electron chi connectivity index (χ2n) is 10.2. The summed E-state index contributed by atoms with van der Waals surface area (Å²) in [6.45, 7) is 6.24. The number of rotatable bonds is 9. The number of nitrogens with one attached hydrogen (secondary N) is 1. The number of aromatic nitrogens is 4. The van der Waals surface area contributed by atoms with E-state index in [4.69, 9.17) is 21.1 Å². The molecule has 0 radical (unpaired) electrons. The first kappa shape index (κ1) is 27.1. The van der Waals surface area contributed by atoms with Crippen LogP contribution in [0.1, 0.15) is 42.5 Å². The first-order valence-corrected chi connectivity index (χ1v) is 15.4. The van der Waals surface area contributed by atoms with Gasteiger partial charge < -0.3 is 13.7 Å². The second-order valence-corrected chi connectivity index (χ2v) is 12.3. The molecule has 210 valence electrons. The van der Waals surface area contributed by atoms with Crippen LogP contribution in [0.5, 0.6) is 0 Å². The predicted octanol–water partition coefficient (Wildman–Crippen LogP) is 7.43. The number of benzene rings is 3. The average molecular weight is 588 g/mol. The predicted molar refractivity (Wildman–Crippen MR) is 163 cm³/mol. The van der Waals surface area contributed by atoms with E-state index in [1.165, 1.54) is 0 Å². The highest BCUT2D eigenvalue weighted by molar-refractivity contribution is 7.92. The summed E-state index contributed by atoms with van der Waals surface area (Å²) in [5, 5.41) is 5.58. The minimum Gasteiger partial charge on any atom is -0.359 e. The van der Waals surface area contributed by atoms with E-state index < -0.39 is 10.0 Å². The number of imidazole rings is 1. The molecule has 0 aliphatic rings. The van der Waals surface area contributed by atoms with Crippen molar-refractivity contribution in [2.45, 2.75) is 51.5 Å². The Balaban J connectivity index is 1.47. The van der Waals surface area contributed by atoms with Gasteiger partial charge in [0, 0.05) is 28.6 Å². The van der Waals surface area contributed by atoms with E-state index in [0.29, 0.717) is 28.6 Å². The van der Waals surface area contributed by atoms with Crippen LogP contribution in [0.2, 0.25) is 5.02 Å². The van der Waals surface area contributed by atoms with Gasteiger partial charge in [-0.2, -0.15) is 0 Å². The van der Waals surface area contributed by atoms with Crippen molar-refractivity contribution in [3.63, 3.8) is 0 Å². The zero-order valence-electron chi connectivity index (χ0n) is 23.1. The summed E-state index contributed by atoms with van der Waals surface area (Å²) in [6.07, 6.45) is 4.97. The highest BCUT2D eigenvalue weighted by Crippen LogP contribution is 2.32. The maximum Gasteiger partial charge on any atom is 0.265 e. The van der Waals surface area contributed by atoms with Gasteiger partial charge in [-0.1, -0.05) is 60.4 Å². The van der Waals surface area contributed by atoms with Crippen LogP contribution in [0.4, 0.5) is 5.82 Å². The standard InChI is InChI=1S/C31H30ClN5O3S/c1-4-5-14-30-33-25-16-15-23(32)17-28(25)37(30)19-22-18-36(26-11-7-6-10-24(22)26)27-12-8-9-13-29(27)41(38,39)35-31-20(2)21(3)40-34-31/h6-13,15-18H,4-5,14,19H2,1-3H3,(H,34,35). The fourth-order valence-electron chi connectivity index (χ4n) is 5.17.